The zero-order chi connectivity index (χ0) is 21.7. The van der Waals surface area contributed by atoms with Crippen molar-refractivity contribution >= 4 is 17.1 Å². The standard InChI is InChI=1S/C25H30N6O/c1-25(8-2-9-27-25)20-5-6-21(26-16-20)19-15-23-22(7-10-28-31(23)17-19)29-11-13-30(14-12-29)24(32)18-3-4-18/h5-7,10,15-18,27H,2-4,8-9,11-14H2,1H3. The lowest BCUT2D eigenvalue weighted by molar-refractivity contribution is -0.132. The molecule has 5 heterocycles. The molecule has 1 amide bonds. The molecule has 1 saturated carbocycles. The number of carbonyl (C=O) groups is 1. The van der Waals surface area contributed by atoms with Crippen molar-refractivity contribution in [3.63, 3.8) is 0 Å². The number of rotatable bonds is 4. The van der Waals surface area contributed by atoms with Crippen molar-refractivity contribution in [1.29, 1.82) is 0 Å². The molecule has 3 fully saturated rings. The maximum atomic E-state index is 12.4. The number of piperazine rings is 1. The molecule has 3 aromatic rings. The van der Waals surface area contributed by atoms with Crippen LogP contribution in [0.1, 0.15) is 38.2 Å². The van der Waals surface area contributed by atoms with Crippen LogP contribution in [-0.2, 0) is 10.3 Å². The number of aromatic nitrogens is 3. The molecule has 1 atom stereocenters. The van der Waals surface area contributed by atoms with Crippen molar-refractivity contribution in [3.8, 4) is 11.3 Å². The second-order valence-corrected chi connectivity index (χ2v) is 9.66. The molecule has 32 heavy (non-hydrogen) atoms. The summed E-state index contributed by atoms with van der Waals surface area (Å²) in [5.41, 5.74) is 5.58. The molecule has 2 saturated heterocycles. The van der Waals surface area contributed by atoms with E-state index in [0.29, 0.717) is 11.8 Å². The fraction of sp³-hybridized carbons (Fsp3) is 0.480. The minimum atomic E-state index is 0.0365. The summed E-state index contributed by atoms with van der Waals surface area (Å²) < 4.78 is 1.95. The van der Waals surface area contributed by atoms with Crippen LogP contribution in [-0.4, -0.2) is 58.1 Å². The summed E-state index contributed by atoms with van der Waals surface area (Å²) in [6, 6.07) is 8.59. The normalized spacial score (nSPS) is 23.8. The van der Waals surface area contributed by atoms with Crippen LogP contribution in [0.25, 0.3) is 16.8 Å². The van der Waals surface area contributed by atoms with Crippen molar-refractivity contribution in [2.24, 2.45) is 5.92 Å². The lowest BCUT2D eigenvalue weighted by Gasteiger charge is -2.36. The topological polar surface area (TPSA) is 65.8 Å². The molecule has 1 aliphatic carbocycles. The van der Waals surface area contributed by atoms with Gasteiger partial charge in [-0.3, -0.25) is 9.78 Å². The fourth-order valence-corrected chi connectivity index (χ4v) is 5.20. The predicted molar refractivity (Wildman–Crippen MR) is 125 cm³/mol. The molecule has 166 valence electrons. The van der Waals surface area contributed by atoms with Gasteiger partial charge in [0, 0.05) is 61.8 Å². The van der Waals surface area contributed by atoms with Crippen molar-refractivity contribution in [3.05, 3.63) is 48.4 Å². The molecule has 6 rings (SSSR count). The Balaban J connectivity index is 1.23. The van der Waals surface area contributed by atoms with Crippen molar-refractivity contribution in [2.75, 3.05) is 37.6 Å². The zero-order valence-corrected chi connectivity index (χ0v) is 18.6. The molecule has 3 aliphatic rings. The van der Waals surface area contributed by atoms with Gasteiger partial charge in [-0.05, 0) is 62.9 Å². The quantitative estimate of drug-likeness (QED) is 0.689. The number of carbonyl (C=O) groups excluding carboxylic acids is 1. The number of hydrogen-bond donors (Lipinski definition) is 1. The molecule has 1 N–H and O–H groups in total. The Hall–Kier alpha value is -2.93. The summed E-state index contributed by atoms with van der Waals surface area (Å²) >= 11 is 0. The highest BCUT2D eigenvalue weighted by molar-refractivity contribution is 5.82. The van der Waals surface area contributed by atoms with Crippen LogP contribution in [0.15, 0.2) is 42.9 Å². The fourth-order valence-electron chi connectivity index (χ4n) is 5.20. The van der Waals surface area contributed by atoms with Gasteiger partial charge in [0.15, 0.2) is 0 Å². The smallest absolute Gasteiger partial charge is 0.225 e. The molecule has 3 aromatic heterocycles. The number of amides is 1. The minimum Gasteiger partial charge on any atom is -0.366 e. The molecule has 0 bridgehead atoms. The molecule has 2 aliphatic heterocycles. The molecule has 0 aromatic carbocycles. The van der Waals surface area contributed by atoms with Crippen LogP contribution in [0, 0.1) is 5.92 Å². The van der Waals surface area contributed by atoms with E-state index in [-0.39, 0.29) is 5.54 Å². The van der Waals surface area contributed by atoms with Gasteiger partial charge in [-0.15, -0.1) is 0 Å². The maximum absolute atomic E-state index is 12.4. The zero-order valence-electron chi connectivity index (χ0n) is 18.6. The molecule has 7 heteroatoms. The third-order valence-corrected chi connectivity index (χ3v) is 7.41. The highest BCUT2D eigenvalue weighted by Gasteiger charge is 2.35. The third-order valence-electron chi connectivity index (χ3n) is 7.41. The average molecular weight is 431 g/mol. The van der Waals surface area contributed by atoms with Gasteiger partial charge in [-0.1, -0.05) is 6.07 Å². The number of hydrogen-bond acceptors (Lipinski definition) is 5. The molecule has 0 radical (unpaired) electrons. The Bertz CT molecular complexity index is 1130. The molecule has 1 unspecified atom stereocenters. The Kier molecular flexibility index (Phi) is 4.68. The first-order chi connectivity index (χ1) is 15.6. The summed E-state index contributed by atoms with van der Waals surface area (Å²) in [5.74, 6) is 0.652. The molecular weight excluding hydrogens is 400 g/mol. The largest absolute Gasteiger partial charge is 0.366 e. The Morgan fingerprint density at radius 1 is 1.16 bits per heavy atom. The summed E-state index contributed by atoms with van der Waals surface area (Å²) in [5, 5.41) is 8.15. The van der Waals surface area contributed by atoms with E-state index in [1.54, 1.807) is 0 Å². The Morgan fingerprint density at radius 3 is 2.69 bits per heavy atom. The first-order valence-electron chi connectivity index (χ1n) is 11.8. The minimum absolute atomic E-state index is 0.0365. The van der Waals surface area contributed by atoms with Crippen molar-refractivity contribution in [2.45, 2.75) is 38.1 Å². The lowest BCUT2D eigenvalue weighted by Crippen LogP contribution is -2.49. The van der Waals surface area contributed by atoms with Gasteiger partial charge < -0.3 is 15.1 Å². The number of nitrogens with zero attached hydrogens (tertiary/aromatic N) is 5. The predicted octanol–water partition coefficient (Wildman–Crippen LogP) is 3.05. The van der Waals surface area contributed by atoms with Crippen molar-refractivity contribution < 1.29 is 4.79 Å². The van der Waals surface area contributed by atoms with Crippen LogP contribution in [0.3, 0.4) is 0 Å². The number of nitrogens with one attached hydrogen (secondary N) is 1. The van der Waals surface area contributed by atoms with E-state index in [1.807, 2.05) is 21.8 Å². The van der Waals surface area contributed by atoms with Gasteiger partial charge >= 0.3 is 0 Å². The van der Waals surface area contributed by atoms with Gasteiger partial charge in [-0.25, -0.2) is 4.52 Å². The number of fused-ring (bicyclic) bond motifs is 1. The van der Waals surface area contributed by atoms with E-state index >= 15 is 0 Å². The van der Waals surface area contributed by atoms with E-state index < -0.39 is 0 Å². The van der Waals surface area contributed by atoms with E-state index in [4.69, 9.17) is 4.98 Å². The summed E-state index contributed by atoms with van der Waals surface area (Å²) in [6.07, 6.45) is 10.4. The van der Waals surface area contributed by atoms with Gasteiger partial charge in [-0.2, -0.15) is 5.10 Å². The highest BCUT2D eigenvalue weighted by atomic mass is 16.2. The maximum Gasteiger partial charge on any atom is 0.225 e. The third kappa shape index (κ3) is 3.45. The number of pyridine rings is 1. The monoisotopic (exact) mass is 430 g/mol. The van der Waals surface area contributed by atoms with Crippen LogP contribution in [0.2, 0.25) is 0 Å². The van der Waals surface area contributed by atoms with Gasteiger partial charge in [0.05, 0.1) is 16.9 Å². The van der Waals surface area contributed by atoms with Gasteiger partial charge in [0.25, 0.3) is 0 Å². The van der Waals surface area contributed by atoms with Crippen LogP contribution >= 0.6 is 0 Å². The molecular formula is C25H30N6O. The van der Waals surface area contributed by atoms with E-state index in [9.17, 15) is 4.79 Å². The number of anilines is 1. The molecule has 7 nitrogen and oxygen atoms in total. The summed E-state index contributed by atoms with van der Waals surface area (Å²) in [4.78, 5) is 21.6. The van der Waals surface area contributed by atoms with Gasteiger partial charge in [0.1, 0.15) is 0 Å². The van der Waals surface area contributed by atoms with Crippen molar-refractivity contribution in [1.82, 2.24) is 24.8 Å². The summed E-state index contributed by atoms with van der Waals surface area (Å²) in [7, 11) is 0. The average Bonchev–Trinajstić information content (AvgIpc) is 3.43. The van der Waals surface area contributed by atoms with Gasteiger partial charge in [0.2, 0.25) is 5.91 Å². The second kappa shape index (κ2) is 7.59. The Morgan fingerprint density at radius 2 is 2.00 bits per heavy atom. The molecule has 0 spiro atoms. The first-order valence-corrected chi connectivity index (χ1v) is 11.8. The first kappa shape index (κ1) is 19.7. The SMILES string of the molecule is CC1(c2ccc(-c3cc4c(N5CCN(C(=O)C6CC6)CC5)ccnn4c3)nc2)CCCN1. The van der Waals surface area contributed by atoms with E-state index in [1.165, 1.54) is 17.7 Å². The van der Waals surface area contributed by atoms with E-state index in [2.05, 4.69) is 52.7 Å². The van der Waals surface area contributed by atoms with E-state index in [0.717, 1.165) is 68.8 Å². The summed E-state index contributed by atoms with van der Waals surface area (Å²) in [6.45, 7) is 6.65. The van der Waals surface area contributed by atoms with Crippen LogP contribution in [0.5, 0.6) is 0 Å². The second-order valence-electron chi connectivity index (χ2n) is 9.66. The lowest BCUT2D eigenvalue weighted by atomic mass is 9.92. The van der Waals surface area contributed by atoms with Crippen LogP contribution < -0.4 is 10.2 Å². The Labute approximate surface area is 188 Å². The highest BCUT2D eigenvalue weighted by Crippen LogP contribution is 2.33. The van der Waals surface area contributed by atoms with Crippen LogP contribution in [0.4, 0.5) is 5.69 Å².